The molecule has 0 unspecified atom stereocenters. The summed E-state index contributed by atoms with van der Waals surface area (Å²) in [5, 5.41) is 11.4. The van der Waals surface area contributed by atoms with Crippen LogP contribution in [0.25, 0.3) is 0 Å². The van der Waals surface area contributed by atoms with Gasteiger partial charge in [-0.05, 0) is 44.1 Å². The number of hydrogen-bond acceptors (Lipinski definition) is 2. The van der Waals surface area contributed by atoms with Crippen LogP contribution in [0.1, 0.15) is 23.1 Å². The van der Waals surface area contributed by atoms with Gasteiger partial charge in [0.05, 0.1) is 0 Å². The summed E-state index contributed by atoms with van der Waals surface area (Å²) in [6.45, 7) is 2.89. The van der Waals surface area contributed by atoms with E-state index in [1.165, 1.54) is 0 Å². The fourth-order valence-corrected chi connectivity index (χ4v) is 2.57. The lowest BCUT2D eigenvalue weighted by Crippen LogP contribution is -2.32. The molecule has 0 aliphatic rings. The fraction of sp³-hybridized carbons (Fsp3) is 0.333. The Hall–Kier alpha value is -1.64. The van der Waals surface area contributed by atoms with Crippen molar-refractivity contribution < 1.29 is 5.11 Å². The van der Waals surface area contributed by atoms with Gasteiger partial charge in [-0.15, -0.1) is 0 Å². The summed E-state index contributed by atoms with van der Waals surface area (Å²) in [6.07, 6.45) is 0.675. The van der Waals surface area contributed by atoms with Gasteiger partial charge in [0.1, 0.15) is 5.60 Å². The van der Waals surface area contributed by atoms with Crippen LogP contribution in [0, 0.1) is 6.92 Å². The third-order valence-electron chi connectivity index (χ3n) is 3.76. The van der Waals surface area contributed by atoms with Gasteiger partial charge in [-0.25, -0.2) is 0 Å². The number of aliphatic hydroxyl groups is 1. The van der Waals surface area contributed by atoms with Gasteiger partial charge in [0.15, 0.2) is 0 Å². The second kappa shape index (κ2) is 6.21. The molecule has 2 heteroatoms. The lowest BCUT2D eigenvalue weighted by molar-refractivity contribution is 0.0623. The first-order valence-electron chi connectivity index (χ1n) is 7.03. The molecule has 0 spiro atoms. The summed E-state index contributed by atoms with van der Waals surface area (Å²) in [6, 6.07) is 18.0. The van der Waals surface area contributed by atoms with E-state index in [1.807, 2.05) is 62.6 Å². The van der Waals surface area contributed by atoms with E-state index >= 15 is 0 Å². The third kappa shape index (κ3) is 3.09. The van der Waals surface area contributed by atoms with Gasteiger partial charge in [-0.1, -0.05) is 54.6 Å². The Balaban J connectivity index is 2.47. The number of aryl methyl sites for hydroxylation is 1. The molecule has 2 aromatic rings. The zero-order valence-corrected chi connectivity index (χ0v) is 12.5. The molecule has 1 N–H and O–H groups in total. The molecule has 1 atom stereocenters. The van der Waals surface area contributed by atoms with Gasteiger partial charge in [0.25, 0.3) is 0 Å². The van der Waals surface area contributed by atoms with E-state index in [4.69, 9.17) is 0 Å². The Morgan fingerprint density at radius 1 is 0.950 bits per heavy atom. The molecule has 0 saturated heterocycles. The van der Waals surface area contributed by atoms with Gasteiger partial charge in [0.2, 0.25) is 0 Å². The third-order valence-corrected chi connectivity index (χ3v) is 3.76. The smallest absolute Gasteiger partial charge is 0.116 e. The van der Waals surface area contributed by atoms with Gasteiger partial charge in [-0.2, -0.15) is 0 Å². The molecule has 2 rings (SSSR count). The first-order valence-corrected chi connectivity index (χ1v) is 7.03. The topological polar surface area (TPSA) is 23.5 Å². The summed E-state index contributed by atoms with van der Waals surface area (Å²) >= 11 is 0. The quantitative estimate of drug-likeness (QED) is 0.901. The highest BCUT2D eigenvalue weighted by Crippen LogP contribution is 2.34. The predicted octanol–water partition coefficient (Wildman–Crippen LogP) is 3.18. The number of hydrogen-bond donors (Lipinski definition) is 1. The summed E-state index contributed by atoms with van der Waals surface area (Å²) in [4.78, 5) is 2.10. The minimum atomic E-state index is -0.934. The molecule has 0 aromatic heterocycles. The van der Waals surface area contributed by atoms with E-state index in [2.05, 4.69) is 17.9 Å². The molecule has 0 fully saturated rings. The second-order valence-electron chi connectivity index (χ2n) is 5.59. The summed E-state index contributed by atoms with van der Waals surface area (Å²) in [5.74, 6) is 0. The maximum Gasteiger partial charge on any atom is 0.116 e. The SMILES string of the molecule is Cc1ccccc1[C@@](O)(CCN(C)C)c1ccccc1. The summed E-state index contributed by atoms with van der Waals surface area (Å²) < 4.78 is 0. The Labute approximate surface area is 121 Å². The van der Waals surface area contributed by atoms with E-state index in [9.17, 15) is 5.11 Å². The largest absolute Gasteiger partial charge is 0.380 e. The second-order valence-corrected chi connectivity index (χ2v) is 5.59. The van der Waals surface area contributed by atoms with Crippen molar-refractivity contribution in [2.24, 2.45) is 0 Å². The molecular formula is C18H23NO. The average Bonchev–Trinajstić information content (AvgIpc) is 2.46. The first-order chi connectivity index (χ1) is 9.54. The Kier molecular flexibility index (Phi) is 4.58. The molecular weight excluding hydrogens is 246 g/mol. The molecule has 0 aliphatic carbocycles. The van der Waals surface area contributed by atoms with Gasteiger partial charge < -0.3 is 10.0 Å². The normalized spacial score (nSPS) is 14.2. The highest BCUT2D eigenvalue weighted by Gasteiger charge is 2.32. The van der Waals surface area contributed by atoms with E-state index in [0.29, 0.717) is 6.42 Å². The van der Waals surface area contributed by atoms with Crippen LogP contribution in [0.3, 0.4) is 0 Å². The molecule has 0 radical (unpaired) electrons. The molecule has 0 saturated carbocycles. The first kappa shape index (κ1) is 14.8. The highest BCUT2D eigenvalue weighted by molar-refractivity contribution is 5.40. The average molecular weight is 269 g/mol. The van der Waals surface area contributed by atoms with Crippen LogP contribution in [-0.2, 0) is 5.60 Å². The predicted molar refractivity (Wildman–Crippen MR) is 83.8 cm³/mol. The van der Waals surface area contributed by atoms with Gasteiger partial charge in [-0.3, -0.25) is 0 Å². The van der Waals surface area contributed by atoms with Crippen molar-refractivity contribution in [2.75, 3.05) is 20.6 Å². The molecule has 0 bridgehead atoms. The Morgan fingerprint density at radius 3 is 2.15 bits per heavy atom. The van der Waals surface area contributed by atoms with Crippen molar-refractivity contribution in [1.82, 2.24) is 4.90 Å². The number of nitrogens with zero attached hydrogens (tertiary/aromatic N) is 1. The van der Waals surface area contributed by atoms with Gasteiger partial charge in [0, 0.05) is 6.54 Å². The maximum absolute atomic E-state index is 11.4. The fourth-order valence-electron chi connectivity index (χ4n) is 2.57. The molecule has 20 heavy (non-hydrogen) atoms. The standard InChI is InChI=1S/C18H23NO/c1-15-9-7-8-12-17(15)18(20,13-14-19(2)3)16-10-5-4-6-11-16/h4-12,20H,13-14H2,1-3H3/t18-/m1/s1. The molecule has 2 aromatic carbocycles. The van der Waals surface area contributed by atoms with Gasteiger partial charge >= 0.3 is 0 Å². The zero-order chi connectivity index (χ0) is 14.6. The molecule has 0 aliphatic heterocycles. The van der Waals surface area contributed by atoms with Crippen LogP contribution in [0.4, 0.5) is 0 Å². The minimum absolute atomic E-state index is 0.675. The van der Waals surface area contributed by atoms with E-state index in [1.54, 1.807) is 0 Å². The van der Waals surface area contributed by atoms with Crippen molar-refractivity contribution in [3.63, 3.8) is 0 Å². The van der Waals surface area contributed by atoms with Crippen molar-refractivity contribution in [1.29, 1.82) is 0 Å². The maximum atomic E-state index is 11.4. The van der Waals surface area contributed by atoms with Crippen LogP contribution in [0.2, 0.25) is 0 Å². The Bertz CT molecular complexity index is 550. The number of benzene rings is 2. The van der Waals surface area contributed by atoms with Crippen molar-refractivity contribution in [3.8, 4) is 0 Å². The lowest BCUT2D eigenvalue weighted by Gasteiger charge is -2.32. The Morgan fingerprint density at radius 2 is 1.55 bits per heavy atom. The summed E-state index contributed by atoms with van der Waals surface area (Å²) in [7, 11) is 4.06. The monoisotopic (exact) mass is 269 g/mol. The molecule has 2 nitrogen and oxygen atoms in total. The van der Waals surface area contributed by atoms with Crippen LogP contribution >= 0.6 is 0 Å². The molecule has 0 amide bonds. The van der Waals surface area contributed by atoms with Crippen LogP contribution < -0.4 is 0 Å². The van der Waals surface area contributed by atoms with Crippen LogP contribution in [0.5, 0.6) is 0 Å². The van der Waals surface area contributed by atoms with Crippen molar-refractivity contribution in [3.05, 3.63) is 71.3 Å². The van der Waals surface area contributed by atoms with Crippen LogP contribution in [-0.4, -0.2) is 30.6 Å². The van der Waals surface area contributed by atoms with E-state index in [0.717, 1.165) is 23.2 Å². The lowest BCUT2D eigenvalue weighted by atomic mass is 9.81. The van der Waals surface area contributed by atoms with E-state index in [-0.39, 0.29) is 0 Å². The molecule has 106 valence electrons. The van der Waals surface area contributed by atoms with Crippen LogP contribution in [0.15, 0.2) is 54.6 Å². The van der Waals surface area contributed by atoms with Crippen molar-refractivity contribution >= 4 is 0 Å². The van der Waals surface area contributed by atoms with Crippen molar-refractivity contribution in [2.45, 2.75) is 18.9 Å². The minimum Gasteiger partial charge on any atom is -0.380 e. The highest BCUT2D eigenvalue weighted by atomic mass is 16.3. The molecule has 0 heterocycles. The number of rotatable bonds is 5. The van der Waals surface area contributed by atoms with E-state index < -0.39 is 5.60 Å². The zero-order valence-electron chi connectivity index (χ0n) is 12.5. The summed E-state index contributed by atoms with van der Waals surface area (Å²) in [5.41, 5.74) is 2.14.